The first-order valence-electron chi connectivity index (χ1n) is 10.5. The molecule has 4 unspecified atom stereocenters. The first kappa shape index (κ1) is 28.9. The Hall–Kier alpha value is -2.34. The van der Waals surface area contributed by atoms with Crippen molar-refractivity contribution in [1.29, 1.82) is 0 Å². The van der Waals surface area contributed by atoms with E-state index in [4.69, 9.17) is 4.74 Å². The molecule has 0 amide bonds. The molecule has 4 N–H and O–H groups in total. The molecule has 0 fully saturated rings. The van der Waals surface area contributed by atoms with E-state index < -0.39 is 47.6 Å². The van der Waals surface area contributed by atoms with E-state index in [2.05, 4.69) is 0 Å². The predicted octanol–water partition coefficient (Wildman–Crippen LogP) is 5.44. The number of rotatable bonds is 8. The molecule has 0 spiro atoms. The molecule has 0 saturated carbocycles. The van der Waals surface area contributed by atoms with Gasteiger partial charge in [-0.2, -0.15) is 26.3 Å². The van der Waals surface area contributed by atoms with Gasteiger partial charge in [0, 0.05) is 10.8 Å². The fraction of sp³-hybridized carbons (Fsp3) is 0.500. The van der Waals surface area contributed by atoms with Gasteiger partial charge in [0.15, 0.2) is 12.2 Å². The van der Waals surface area contributed by atoms with Gasteiger partial charge in [0.25, 0.3) is 0 Å². The second kappa shape index (κ2) is 9.96. The van der Waals surface area contributed by atoms with Crippen LogP contribution in [0.5, 0.6) is 11.5 Å². The number of alkyl halides is 6. The van der Waals surface area contributed by atoms with E-state index in [9.17, 15) is 46.8 Å². The van der Waals surface area contributed by atoms with Crippen LogP contribution < -0.4 is 4.74 Å². The molecule has 0 aliphatic rings. The normalized spacial score (nSPS) is 17.0. The summed E-state index contributed by atoms with van der Waals surface area (Å²) in [7, 11) is 0. The van der Waals surface area contributed by atoms with Crippen LogP contribution >= 0.6 is 0 Å². The van der Waals surface area contributed by atoms with Crippen molar-refractivity contribution in [1.82, 2.24) is 0 Å². The van der Waals surface area contributed by atoms with Gasteiger partial charge in [0.2, 0.25) is 0 Å². The number of aliphatic hydroxyl groups excluding tert-OH is 4. The first-order valence-corrected chi connectivity index (χ1v) is 10.5. The van der Waals surface area contributed by atoms with Crippen LogP contribution in [-0.4, -0.2) is 45.0 Å². The number of hydrogen-bond acceptors (Lipinski definition) is 5. The average Bonchev–Trinajstić information content (AvgIpc) is 2.76. The van der Waals surface area contributed by atoms with Crippen molar-refractivity contribution in [2.24, 2.45) is 10.8 Å². The van der Waals surface area contributed by atoms with Crippen molar-refractivity contribution in [2.45, 2.75) is 64.5 Å². The van der Waals surface area contributed by atoms with Crippen molar-refractivity contribution in [3.8, 4) is 11.5 Å². The zero-order valence-corrected chi connectivity index (χ0v) is 19.4. The Kier molecular flexibility index (Phi) is 8.22. The topological polar surface area (TPSA) is 90.2 Å². The molecule has 196 valence electrons. The van der Waals surface area contributed by atoms with Crippen LogP contribution in [0.3, 0.4) is 0 Å². The average molecular weight is 510 g/mol. The fourth-order valence-electron chi connectivity index (χ4n) is 3.57. The third-order valence-corrected chi connectivity index (χ3v) is 6.07. The second-order valence-electron chi connectivity index (χ2n) is 9.58. The maximum absolute atomic E-state index is 12.9. The van der Waals surface area contributed by atoms with E-state index >= 15 is 0 Å². The van der Waals surface area contributed by atoms with Crippen LogP contribution in [0.25, 0.3) is 0 Å². The minimum atomic E-state index is -4.91. The van der Waals surface area contributed by atoms with Crippen LogP contribution in [0.2, 0.25) is 0 Å². The zero-order valence-electron chi connectivity index (χ0n) is 19.4. The summed E-state index contributed by atoms with van der Waals surface area (Å²) < 4.78 is 83.0. The molecule has 2 aromatic carbocycles. The molecular formula is C24H28F6O5. The molecule has 0 aromatic heterocycles. The first-order chi connectivity index (χ1) is 15.8. The van der Waals surface area contributed by atoms with E-state index in [1.165, 1.54) is 48.5 Å². The Morgan fingerprint density at radius 1 is 0.543 bits per heavy atom. The Morgan fingerprint density at radius 2 is 0.800 bits per heavy atom. The molecule has 2 aromatic rings. The number of hydrogen-bond donors (Lipinski definition) is 4. The molecule has 0 heterocycles. The fourth-order valence-corrected chi connectivity index (χ4v) is 3.57. The lowest BCUT2D eigenvalue weighted by molar-refractivity contribution is -0.248. The molecule has 0 radical (unpaired) electrons. The van der Waals surface area contributed by atoms with Crippen LogP contribution in [0, 0.1) is 10.8 Å². The lowest BCUT2D eigenvalue weighted by Gasteiger charge is -2.36. The van der Waals surface area contributed by atoms with Gasteiger partial charge >= 0.3 is 12.4 Å². The van der Waals surface area contributed by atoms with Gasteiger partial charge in [-0.05, 0) is 35.4 Å². The van der Waals surface area contributed by atoms with Gasteiger partial charge in [0.05, 0.1) is 12.2 Å². The highest BCUT2D eigenvalue weighted by Gasteiger charge is 2.52. The van der Waals surface area contributed by atoms with E-state index in [0.717, 1.165) is 27.7 Å². The quantitative estimate of drug-likeness (QED) is 0.355. The monoisotopic (exact) mass is 510 g/mol. The van der Waals surface area contributed by atoms with Crippen molar-refractivity contribution < 1.29 is 51.5 Å². The van der Waals surface area contributed by atoms with Crippen LogP contribution in [0.1, 0.15) is 51.0 Å². The SMILES string of the molecule is CC(C)(C(O)c1ccc(Oc2ccc(C(O)C(C)(C)C(O)C(F)(F)F)cc2)cc1)C(O)C(F)(F)F. The number of ether oxygens (including phenoxy) is 1. The highest BCUT2D eigenvalue weighted by atomic mass is 19.4. The highest BCUT2D eigenvalue weighted by molar-refractivity contribution is 5.36. The molecular weight excluding hydrogens is 482 g/mol. The van der Waals surface area contributed by atoms with Crippen LogP contribution in [-0.2, 0) is 0 Å². The minimum absolute atomic E-state index is 0.120. The molecule has 4 atom stereocenters. The number of benzene rings is 2. The largest absolute Gasteiger partial charge is 0.457 e. The molecule has 2 rings (SSSR count). The molecule has 0 saturated heterocycles. The Balaban J connectivity index is 2.13. The minimum Gasteiger partial charge on any atom is -0.457 e. The molecule has 0 aliphatic heterocycles. The van der Waals surface area contributed by atoms with Crippen LogP contribution in [0.15, 0.2) is 48.5 Å². The third-order valence-electron chi connectivity index (χ3n) is 6.07. The summed E-state index contributed by atoms with van der Waals surface area (Å²) in [6.45, 7) is 4.35. The Bertz CT molecular complexity index is 888. The molecule has 35 heavy (non-hydrogen) atoms. The van der Waals surface area contributed by atoms with Gasteiger partial charge in [-0.3, -0.25) is 0 Å². The molecule has 0 aliphatic carbocycles. The van der Waals surface area contributed by atoms with Crippen LogP contribution in [0.4, 0.5) is 26.3 Å². The highest BCUT2D eigenvalue weighted by Crippen LogP contribution is 2.44. The van der Waals surface area contributed by atoms with Gasteiger partial charge < -0.3 is 25.2 Å². The van der Waals surface area contributed by atoms with Crippen molar-refractivity contribution in [3.63, 3.8) is 0 Å². The summed E-state index contributed by atoms with van der Waals surface area (Å²) >= 11 is 0. The maximum atomic E-state index is 12.9. The Morgan fingerprint density at radius 3 is 1.03 bits per heavy atom. The maximum Gasteiger partial charge on any atom is 0.414 e. The van der Waals surface area contributed by atoms with Gasteiger partial charge in [-0.1, -0.05) is 52.0 Å². The van der Waals surface area contributed by atoms with Crippen molar-refractivity contribution >= 4 is 0 Å². The smallest absolute Gasteiger partial charge is 0.414 e. The predicted molar refractivity (Wildman–Crippen MR) is 115 cm³/mol. The summed E-state index contributed by atoms with van der Waals surface area (Å²) in [6, 6.07) is 10.9. The zero-order chi connectivity index (χ0) is 27.0. The number of aliphatic hydroxyl groups is 4. The molecule has 11 heteroatoms. The van der Waals surface area contributed by atoms with Crippen molar-refractivity contribution in [3.05, 3.63) is 59.7 Å². The van der Waals surface area contributed by atoms with E-state index in [-0.39, 0.29) is 22.6 Å². The van der Waals surface area contributed by atoms with E-state index in [0.29, 0.717) is 0 Å². The standard InChI is InChI=1S/C24H28F6O5/c1-21(2,19(33)23(25,26)27)17(31)13-5-9-15(10-6-13)35-16-11-7-14(8-12-16)18(32)22(3,4)20(34)24(28,29)30/h5-12,17-20,31-34H,1-4H3. The van der Waals surface area contributed by atoms with E-state index in [1.807, 2.05) is 0 Å². The summed E-state index contributed by atoms with van der Waals surface area (Å²) in [4.78, 5) is 0. The number of halogens is 6. The second-order valence-corrected chi connectivity index (χ2v) is 9.58. The van der Waals surface area contributed by atoms with E-state index in [1.54, 1.807) is 0 Å². The molecule has 0 bridgehead atoms. The van der Waals surface area contributed by atoms with Gasteiger partial charge in [-0.15, -0.1) is 0 Å². The summed E-state index contributed by atoms with van der Waals surface area (Å²) in [5, 5.41) is 39.9. The molecule has 5 nitrogen and oxygen atoms in total. The van der Waals surface area contributed by atoms with Gasteiger partial charge in [0.1, 0.15) is 11.5 Å². The summed E-state index contributed by atoms with van der Waals surface area (Å²) in [6.07, 6.45) is -18.6. The van der Waals surface area contributed by atoms with Crippen molar-refractivity contribution in [2.75, 3.05) is 0 Å². The van der Waals surface area contributed by atoms with Gasteiger partial charge in [-0.25, -0.2) is 0 Å². The lowest BCUT2D eigenvalue weighted by Crippen LogP contribution is -2.45. The third kappa shape index (κ3) is 6.46. The summed E-state index contributed by atoms with van der Waals surface area (Å²) in [5.74, 6) is 0.493. The summed E-state index contributed by atoms with van der Waals surface area (Å²) in [5.41, 5.74) is -3.61. The Labute approximate surface area is 198 Å². The lowest BCUT2D eigenvalue weighted by atomic mass is 9.77.